The Morgan fingerprint density at radius 3 is 2.29 bits per heavy atom. The Balaban J connectivity index is 3.12. The molecule has 0 saturated heterocycles. The predicted octanol–water partition coefficient (Wildman–Crippen LogP) is 0.956. The maximum absolute atomic E-state index is 11.0. The third kappa shape index (κ3) is 3.04. The number of carboxylic acids is 2. The quantitative estimate of drug-likeness (QED) is 0.724. The summed E-state index contributed by atoms with van der Waals surface area (Å²) in [5.41, 5.74) is 7.78. The van der Waals surface area contributed by atoms with Gasteiger partial charge < -0.3 is 15.9 Å². The van der Waals surface area contributed by atoms with Crippen molar-refractivity contribution in [3.8, 4) is 0 Å². The van der Waals surface area contributed by atoms with Gasteiger partial charge in [0.2, 0.25) is 0 Å². The first-order valence-electron chi connectivity index (χ1n) is 5.14. The van der Waals surface area contributed by atoms with E-state index in [9.17, 15) is 9.59 Å². The maximum atomic E-state index is 11.0. The molecule has 0 heterocycles. The second-order valence-electron chi connectivity index (χ2n) is 4.05. The van der Waals surface area contributed by atoms with E-state index in [2.05, 4.69) is 0 Å². The molecule has 1 atom stereocenters. The Morgan fingerprint density at radius 2 is 1.82 bits per heavy atom. The second-order valence-corrected chi connectivity index (χ2v) is 4.05. The van der Waals surface area contributed by atoms with Gasteiger partial charge in [-0.3, -0.25) is 4.79 Å². The summed E-state index contributed by atoms with van der Waals surface area (Å²) in [7, 11) is 0. The molecular weight excluding hydrogens is 222 g/mol. The number of hydrogen-bond acceptors (Lipinski definition) is 3. The van der Waals surface area contributed by atoms with Crippen molar-refractivity contribution < 1.29 is 19.8 Å². The Morgan fingerprint density at radius 1 is 1.24 bits per heavy atom. The Labute approximate surface area is 98.9 Å². The normalized spacial score (nSPS) is 12.2. The smallest absolute Gasteiger partial charge is 0.335 e. The average molecular weight is 237 g/mol. The number of nitrogens with two attached hydrogens (primary N) is 1. The molecule has 0 aliphatic heterocycles. The first kappa shape index (κ1) is 13.2. The number of aliphatic carboxylic acids is 1. The Hall–Kier alpha value is -1.88. The molecule has 1 aromatic carbocycles. The zero-order chi connectivity index (χ0) is 13.2. The number of rotatable bonds is 4. The number of benzene rings is 1. The summed E-state index contributed by atoms with van der Waals surface area (Å²) in [4.78, 5) is 21.6. The number of aromatic carboxylic acids is 1. The second kappa shape index (κ2) is 4.97. The summed E-state index contributed by atoms with van der Waals surface area (Å²) in [5, 5.41) is 17.7. The van der Waals surface area contributed by atoms with Crippen molar-refractivity contribution in [2.75, 3.05) is 0 Å². The largest absolute Gasteiger partial charge is 0.480 e. The molecule has 0 saturated carbocycles. The Kier molecular flexibility index (Phi) is 3.85. The van der Waals surface area contributed by atoms with Gasteiger partial charge in [0, 0.05) is 0 Å². The van der Waals surface area contributed by atoms with Crippen molar-refractivity contribution >= 4 is 11.9 Å². The zero-order valence-corrected chi connectivity index (χ0v) is 9.73. The highest BCUT2D eigenvalue weighted by atomic mass is 16.4. The van der Waals surface area contributed by atoms with E-state index < -0.39 is 18.0 Å². The van der Waals surface area contributed by atoms with Gasteiger partial charge in [-0.15, -0.1) is 0 Å². The van der Waals surface area contributed by atoms with Crippen molar-refractivity contribution in [1.82, 2.24) is 0 Å². The van der Waals surface area contributed by atoms with Crippen molar-refractivity contribution in [1.29, 1.82) is 0 Å². The van der Waals surface area contributed by atoms with Crippen molar-refractivity contribution in [3.63, 3.8) is 0 Å². The minimum atomic E-state index is -1.10. The summed E-state index contributed by atoms with van der Waals surface area (Å²) in [6, 6.07) is 2.21. The summed E-state index contributed by atoms with van der Waals surface area (Å²) in [5.74, 6) is -2.12. The van der Waals surface area contributed by atoms with Crippen LogP contribution in [0.2, 0.25) is 0 Å². The molecular formula is C12H15NO4. The van der Waals surface area contributed by atoms with Crippen LogP contribution in [0.15, 0.2) is 12.1 Å². The van der Waals surface area contributed by atoms with Crippen molar-refractivity contribution in [2.24, 2.45) is 5.73 Å². The molecule has 92 valence electrons. The molecule has 5 nitrogen and oxygen atoms in total. The van der Waals surface area contributed by atoms with E-state index in [1.807, 2.05) is 6.92 Å². The lowest BCUT2D eigenvalue weighted by atomic mass is 9.95. The molecule has 5 heteroatoms. The molecule has 4 N–H and O–H groups in total. The van der Waals surface area contributed by atoms with E-state index >= 15 is 0 Å². The van der Waals surface area contributed by atoms with Gasteiger partial charge in [0.1, 0.15) is 6.04 Å². The summed E-state index contributed by atoms with van der Waals surface area (Å²) >= 11 is 0. The fourth-order valence-electron chi connectivity index (χ4n) is 1.67. The highest BCUT2D eigenvalue weighted by Gasteiger charge is 2.16. The number of hydrogen-bond donors (Lipinski definition) is 3. The van der Waals surface area contributed by atoms with Gasteiger partial charge in [-0.1, -0.05) is 6.07 Å². The SMILES string of the molecule is Cc1cc(C)c(C(=O)O)cc1CC(N)C(=O)O. The zero-order valence-electron chi connectivity index (χ0n) is 9.73. The van der Waals surface area contributed by atoms with Crippen LogP contribution >= 0.6 is 0 Å². The monoisotopic (exact) mass is 237 g/mol. The lowest BCUT2D eigenvalue weighted by Gasteiger charge is -2.12. The van der Waals surface area contributed by atoms with E-state index in [1.165, 1.54) is 6.07 Å². The molecule has 1 aromatic rings. The highest BCUT2D eigenvalue weighted by Crippen LogP contribution is 2.17. The number of carbonyl (C=O) groups is 2. The third-order valence-electron chi connectivity index (χ3n) is 2.67. The Bertz CT molecular complexity index is 468. The maximum Gasteiger partial charge on any atom is 0.335 e. The summed E-state index contributed by atoms with van der Waals surface area (Å²) in [6.45, 7) is 3.51. The standard InChI is InChI=1S/C12H15NO4/c1-6-3-7(2)9(11(14)15)4-8(6)5-10(13)12(16)17/h3-4,10H,5,13H2,1-2H3,(H,14,15)(H,16,17). The van der Waals surface area contributed by atoms with Crippen LogP contribution in [-0.4, -0.2) is 28.2 Å². The molecule has 0 radical (unpaired) electrons. The third-order valence-corrected chi connectivity index (χ3v) is 2.67. The summed E-state index contributed by atoms with van der Waals surface area (Å²) in [6.07, 6.45) is 0.127. The highest BCUT2D eigenvalue weighted by molar-refractivity contribution is 5.89. The van der Waals surface area contributed by atoms with Gasteiger partial charge in [-0.2, -0.15) is 0 Å². The van der Waals surface area contributed by atoms with E-state index in [-0.39, 0.29) is 12.0 Å². The molecule has 17 heavy (non-hydrogen) atoms. The summed E-state index contributed by atoms with van der Waals surface area (Å²) < 4.78 is 0. The van der Waals surface area contributed by atoms with Gasteiger partial charge >= 0.3 is 11.9 Å². The lowest BCUT2D eigenvalue weighted by Crippen LogP contribution is -2.32. The van der Waals surface area contributed by atoms with Crippen molar-refractivity contribution in [3.05, 3.63) is 34.4 Å². The van der Waals surface area contributed by atoms with Gasteiger partial charge in [0.25, 0.3) is 0 Å². The fourth-order valence-corrected chi connectivity index (χ4v) is 1.67. The van der Waals surface area contributed by atoms with E-state index in [1.54, 1.807) is 13.0 Å². The van der Waals surface area contributed by atoms with Crippen LogP contribution in [0.25, 0.3) is 0 Å². The molecule has 0 aliphatic carbocycles. The molecule has 0 amide bonds. The predicted molar refractivity (Wildman–Crippen MR) is 62.2 cm³/mol. The molecule has 1 unspecified atom stereocenters. The molecule has 0 spiro atoms. The average Bonchev–Trinajstić information content (AvgIpc) is 2.21. The van der Waals surface area contributed by atoms with E-state index in [0.717, 1.165) is 5.56 Å². The van der Waals surface area contributed by atoms with Crippen LogP contribution in [0.5, 0.6) is 0 Å². The molecule has 0 fully saturated rings. The van der Waals surface area contributed by atoms with Gasteiger partial charge in [-0.05, 0) is 43.0 Å². The van der Waals surface area contributed by atoms with Gasteiger partial charge in [0.05, 0.1) is 5.56 Å². The van der Waals surface area contributed by atoms with Crippen LogP contribution in [0.3, 0.4) is 0 Å². The number of carboxylic acid groups (broad SMARTS) is 2. The number of aryl methyl sites for hydroxylation is 2. The molecule has 0 bridgehead atoms. The van der Waals surface area contributed by atoms with E-state index in [4.69, 9.17) is 15.9 Å². The fraction of sp³-hybridized carbons (Fsp3) is 0.333. The topological polar surface area (TPSA) is 101 Å². The van der Waals surface area contributed by atoms with E-state index in [0.29, 0.717) is 11.1 Å². The van der Waals surface area contributed by atoms with Crippen LogP contribution in [0.1, 0.15) is 27.0 Å². The first-order chi connectivity index (χ1) is 7.82. The molecule has 0 aromatic heterocycles. The molecule has 0 aliphatic rings. The minimum Gasteiger partial charge on any atom is -0.480 e. The van der Waals surface area contributed by atoms with Crippen LogP contribution in [0, 0.1) is 13.8 Å². The first-order valence-corrected chi connectivity index (χ1v) is 5.14. The van der Waals surface area contributed by atoms with Crippen LogP contribution < -0.4 is 5.73 Å². The lowest BCUT2D eigenvalue weighted by molar-refractivity contribution is -0.138. The minimum absolute atomic E-state index is 0.127. The van der Waals surface area contributed by atoms with Gasteiger partial charge in [0.15, 0.2) is 0 Å². The van der Waals surface area contributed by atoms with Gasteiger partial charge in [-0.25, -0.2) is 4.79 Å². The van der Waals surface area contributed by atoms with Crippen molar-refractivity contribution in [2.45, 2.75) is 26.3 Å². The van der Waals surface area contributed by atoms with Crippen LogP contribution in [0.4, 0.5) is 0 Å². The molecule has 1 rings (SSSR count). The van der Waals surface area contributed by atoms with Crippen LogP contribution in [-0.2, 0) is 11.2 Å².